The molecule has 142 valence electrons. The fourth-order valence-corrected chi connectivity index (χ4v) is 3.16. The van der Waals surface area contributed by atoms with E-state index in [-0.39, 0.29) is 42.7 Å². The molecule has 0 fully saturated rings. The number of amides is 2. The van der Waals surface area contributed by atoms with Gasteiger partial charge in [0, 0.05) is 9.90 Å². The number of rotatable bonds is 7. The van der Waals surface area contributed by atoms with E-state index in [0.29, 0.717) is 5.02 Å². The molecule has 0 bridgehead atoms. The second-order valence-corrected chi connectivity index (χ2v) is 7.47. The van der Waals surface area contributed by atoms with Gasteiger partial charge in [0.05, 0.1) is 18.6 Å². The standard InChI is InChI=1S/C18H22ClN3O2S.ClH/c1-11(2)16(20)18(24)21-10-15(23)22-17(14-4-3-9-25-14)12-5-7-13(19)8-6-12;/h3-9,11,16-17H,10,20H2,1-2H3,(H,21,24)(H,22,23);1H/t16-,17?;/m0./s1. The van der Waals surface area contributed by atoms with E-state index in [2.05, 4.69) is 10.6 Å². The molecule has 1 aromatic heterocycles. The molecule has 4 N–H and O–H groups in total. The number of nitrogens with one attached hydrogen (secondary N) is 2. The highest BCUT2D eigenvalue weighted by molar-refractivity contribution is 7.10. The third-order valence-corrected chi connectivity index (χ3v) is 4.97. The molecule has 0 aliphatic rings. The zero-order valence-corrected chi connectivity index (χ0v) is 17.0. The van der Waals surface area contributed by atoms with Gasteiger partial charge >= 0.3 is 0 Å². The van der Waals surface area contributed by atoms with E-state index in [1.165, 1.54) is 0 Å². The Morgan fingerprint density at radius 3 is 2.38 bits per heavy atom. The molecule has 0 saturated carbocycles. The molecule has 0 saturated heterocycles. The van der Waals surface area contributed by atoms with Crippen molar-refractivity contribution in [1.29, 1.82) is 0 Å². The number of benzene rings is 1. The molecule has 5 nitrogen and oxygen atoms in total. The Hall–Kier alpha value is -1.60. The van der Waals surface area contributed by atoms with Gasteiger partial charge in [0.2, 0.25) is 11.8 Å². The Labute approximate surface area is 168 Å². The minimum atomic E-state index is -0.628. The van der Waals surface area contributed by atoms with E-state index >= 15 is 0 Å². The van der Waals surface area contributed by atoms with Crippen LogP contribution in [-0.4, -0.2) is 24.4 Å². The molecule has 26 heavy (non-hydrogen) atoms. The number of halogens is 2. The zero-order valence-electron chi connectivity index (χ0n) is 14.6. The third-order valence-electron chi connectivity index (χ3n) is 3.78. The SMILES string of the molecule is CC(C)[C@H](N)C(=O)NCC(=O)NC(c1ccc(Cl)cc1)c1cccs1.Cl. The fourth-order valence-electron chi connectivity index (χ4n) is 2.23. The first-order chi connectivity index (χ1) is 11.9. The van der Waals surface area contributed by atoms with Crippen molar-refractivity contribution in [2.75, 3.05) is 6.54 Å². The first-order valence-electron chi connectivity index (χ1n) is 8.00. The van der Waals surface area contributed by atoms with E-state index in [4.69, 9.17) is 17.3 Å². The van der Waals surface area contributed by atoms with E-state index in [0.717, 1.165) is 10.4 Å². The number of hydrogen-bond donors (Lipinski definition) is 3. The van der Waals surface area contributed by atoms with Gasteiger partial charge in [-0.25, -0.2) is 0 Å². The van der Waals surface area contributed by atoms with Crippen LogP contribution in [0.5, 0.6) is 0 Å². The van der Waals surface area contributed by atoms with E-state index in [1.807, 2.05) is 43.5 Å². The molecule has 0 spiro atoms. The number of nitrogens with two attached hydrogens (primary N) is 1. The minimum absolute atomic E-state index is 0. The van der Waals surface area contributed by atoms with Gasteiger partial charge in [-0.15, -0.1) is 23.7 Å². The summed E-state index contributed by atoms with van der Waals surface area (Å²) in [6, 6.07) is 10.3. The number of hydrogen-bond acceptors (Lipinski definition) is 4. The predicted octanol–water partition coefficient (Wildman–Crippen LogP) is 3.13. The van der Waals surface area contributed by atoms with Gasteiger partial charge in [-0.3, -0.25) is 9.59 Å². The van der Waals surface area contributed by atoms with Crippen LogP contribution in [0.1, 0.15) is 30.3 Å². The summed E-state index contributed by atoms with van der Waals surface area (Å²) in [6.07, 6.45) is 0. The molecule has 1 unspecified atom stereocenters. The van der Waals surface area contributed by atoms with Crippen molar-refractivity contribution in [3.8, 4) is 0 Å². The Morgan fingerprint density at radius 2 is 1.85 bits per heavy atom. The van der Waals surface area contributed by atoms with E-state index in [1.54, 1.807) is 23.5 Å². The summed E-state index contributed by atoms with van der Waals surface area (Å²) in [5.41, 5.74) is 6.70. The van der Waals surface area contributed by atoms with Gasteiger partial charge in [-0.1, -0.05) is 43.6 Å². The molecule has 1 aromatic carbocycles. The van der Waals surface area contributed by atoms with Crippen molar-refractivity contribution in [2.45, 2.75) is 25.9 Å². The van der Waals surface area contributed by atoms with Crippen molar-refractivity contribution < 1.29 is 9.59 Å². The van der Waals surface area contributed by atoms with Crippen LogP contribution in [0.4, 0.5) is 0 Å². The van der Waals surface area contributed by atoms with Crippen molar-refractivity contribution in [3.63, 3.8) is 0 Å². The monoisotopic (exact) mass is 415 g/mol. The van der Waals surface area contributed by atoms with Crippen LogP contribution in [0.2, 0.25) is 5.02 Å². The lowest BCUT2D eigenvalue weighted by atomic mass is 10.0. The highest BCUT2D eigenvalue weighted by Crippen LogP contribution is 2.26. The molecule has 2 amide bonds. The predicted molar refractivity (Wildman–Crippen MR) is 109 cm³/mol. The van der Waals surface area contributed by atoms with Crippen molar-refractivity contribution in [1.82, 2.24) is 10.6 Å². The molecule has 2 atom stereocenters. The second-order valence-electron chi connectivity index (χ2n) is 6.06. The molecule has 0 aliphatic carbocycles. The summed E-state index contributed by atoms with van der Waals surface area (Å²) in [4.78, 5) is 25.2. The van der Waals surface area contributed by atoms with Crippen LogP contribution in [0.15, 0.2) is 41.8 Å². The quantitative estimate of drug-likeness (QED) is 0.649. The first kappa shape index (κ1) is 22.4. The van der Waals surface area contributed by atoms with Gasteiger partial charge in [0.15, 0.2) is 0 Å². The topological polar surface area (TPSA) is 84.2 Å². The third kappa shape index (κ3) is 6.29. The summed E-state index contributed by atoms with van der Waals surface area (Å²) in [5, 5.41) is 8.12. The molecule has 8 heteroatoms. The van der Waals surface area contributed by atoms with Crippen LogP contribution in [0.25, 0.3) is 0 Å². The summed E-state index contributed by atoms with van der Waals surface area (Å²) in [5.74, 6) is -0.599. The van der Waals surface area contributed by atoms with Crippen LogP contribution in [-0.2, 0) is 9.59 Å². The molecule has 1 heterocycles. The van der Waals surface area contributed by atoms with Gasteiger partial charge in [-0.05, 0) is 35.1 Å². The largest absolute Gasteiger partial charge is 0.346 e. The van der Waals surface area contributed by atoms with E-state index in [9.17, 15) is 9.59 Å². The number of carbonyl (C=O) groups excluding carboxylic acids is 2. The summed E-state index contributed by atoms with van der Waals surface area (Å²) in [7, 11) is 0. The fraction of sp³-hybridized carbons (Fsp3) is 0.333. The van der Waals surface area contributed by atoms with Crippen LogP contribution in [0.3, 0.4) is 0 Å². The van der Waals surface area contributed by atoms with Crippen LogP contribution < -0.4 is 16.4 Å². The van der Waals surface area contributed by atoms with Crippen LogP contribution in [0, 0.1) is 5.92 Å². The van der Waals surface area contributed by atoms with Gasteiger partial charge in [0.1, 0.15) is 0 Å². The Kier molecular flexibility index (Phi) is 9.08. The number of carbonyl (C=O) groups is 2. The lowest BCUT2D eigenvalue weighted by molar-refractivity contribution is -0.127. The lowest BCUT2D eigenvalue weighted by Crippen LogP contribution is -2.47. The normalized spacial score (nSPS) is 12.8. The van der Waals surface area contributed by atoms with Gasteiger partial charge < -0.3 is 16.4 Å². The summed E-state index contributed by atoms with van der Waals surface area (Å²) in [6.45, 7) is 3.60. The molecule has 0 aliphatic heterocycles. The molecule has 2 aromatic rings. The van der Waals surface area contributed by atoms with Crippen molar-refractivity contribution >= 4 is 47.2 Å². The zero-order chi connectivity index (χ0) is 18.4. The Bertz CT molecular complexity index is 706. The molecular formula is C18H23Cl2N3O2S. The molecular weight excluding hydrogens is 393 g/mol. The van der Waals surface area contributed by atoms with Crippen LogP contribution >= 0.6 is 35.3 Å². The lowest BCUT2D eigenvalue weighted by Gasteiger charge is -2.19. The highest BCUT2D eigenvalue weighted by Gasteiger charge is 2.20. The Balaban J connectivity index is 0.00000338. The average molecular weight is 416 g/mol. The number of thiophene rings is 1. The van der Waals surface area contributed by atoms with E-state index < -0.39 is 6.04 Å². The summed E-state index contributed by atoms with van der Waals surface area (Å²) < 4.78 is 0. The molecule has 2 rings (SSSR count). The van der Waals surface area contributed by atoms with Crippen molar-refractivity contribution in [2.24, 2.45) is 11.7 Å². The van der Waals surface area contributed by atoms with Gasteiger partial charge in [0.25, 0.3) is 0 Å². The minimum Gasteiger partial charge on any atom is -0.346 e. The highest BCUT2D eigenvalue weighted by atomic mass is 35.5. The van der Waals surface area contributed by atoms with Gasteiger partial charge in [-0.2, -0.15) is 0 Å². The smallest absolute Gasteiger partial charge is 0.240 e. The van der Waals surface area contributed by atoms with Crippen molar-refractivity contribution in [3.05, 3.63) is 57.2 Å². The maximum absolute atomic E-state index is 12.3. The summed E-state index contributed by atoms with van der Waals surface area (Å²) >= 11 is 7.49. The Morgan fingerprint density at radius 1 is 1.19 bits per heavy atom. The first-order valence-corrected chi connectivity index (χ1v) is 9.25. The second kappa shape index (κ2) is 10.5. The average Bonchev–Trinajstić information content (AvgIpc) is 3.12. The maximum atomic E-state index is 12.3. The molecule has 0 radical (unpaired) electrons. The maximum Gasteiger partial charge on any atom is 0.240 e.